The average Bonchev–Trinajstić information content (AvgIpc) is 2.69. The number of carboxylic acids is 1. The standard InChI is InChI=1S/C13H20N2O2S/c1-3-10-8-14-12(18-9-11(16)17)15(10)13(4-2)6-5-7-13/h8H,3-7,9H2,1-2H3,(H,16,17). The number of carbonyl (C=O) groups is 1. The predicted molar refractivity (Wildman–Crippen MR) is 72.1 cm³/mol. The Morgan fingerprint density at radius 3 is 2.72 bits per heavy atom. The third kappa shape index (κ3) is 2.28. The molecule has 0 amide bonds. The van der Waals surface area contributed by atoms with Crippen molar-refractivity contribution in [2.75, 3.05) is 5.75 Å². The molecule has 1 aliphatic rings. The minimum Gasteiger partial charge on any atom is -0.481 e. The third-order valence-corrected chi connectivity index (χ3v) is 4.84. The van der Waals surface area contributed by atoms with Crippen LogP contribution < -0.4 is 0 Å². The third-order valence-electron chi connectivity index (χ3n) is 3.91. The molecule has 0 bridgehead atoms. The number of imidazole rings is 1. The number of nitrogens with zero attached hydrogens (tertiary/aromatic N) is 2. The molecule has 1 heterocycles. The Bertz CT molecular complexity index is 433. The molecule has 1 aliphatic carbocycles. The lowest BCUT2D eigenvalue weighted by atomic mass is 9.74. The van der Waals surface area contributed by atoms with Crippen molar-refractivity contribution in [3.05, 3.63) is 11.9 Å². The van der Waals surface area contributed by atoms with Gasteiger partial charge in [0.05, 0.1) is 5.75 Å². The highest BCUT2D eigenvalue weighted by Crippen LogP contribution is 2.45. The first kappa shape index (κ1) is 13.5. The van der Waals surface area contributed by atoms with E-state index in [9.17, 15) is 4.79 Å². The van der Waals surface area contributed by atoms with Crippen LogP contribution in [0.2, 0.25) is 0 Å². The number of carboxylic acid groups (broad SMARTS) is 1. The molecule has 5 heteroatoms. The number of rotatable bonds is 6. The summed E-state index contributed by atoms with van der Waals surface area (Å²) < 4.78 is 2.31. The van der Waals surface area contributed by atoms with Gasteiger partial charge < -0.3 is 9.67 Å². The molecule has 0 aliphatic heterocycles. The minimum atomic E-state index is -0.785. The van der Waals surface area contributed by atoms with Crippen molar-refractivity contribution in [1.82, 2.24) is 9.55 Å². The SMILES string of the molecule is CCc1cnc(SCC(=O)O)n1C1(CC)CCC1. The van der Waals surface area contributed by atoms with Crippen molar-refractivity contribution < 1.29 is 9.90 Å². The largest absolute Gasteiger partial charge is 0.481 e. The molecule has 2 rings (SSSR count). The Hall–Kier alpha value is -0.970. The van der Waals surface area contributed by atoms with Crippen molar-refractivity contribution >= 4 is 17.7 Å². The molecule has 0 spiro atoms. The van der Waals surface area contributed by atoms with Crippen LogP contribution in [0.25, 0.3) is 0 Å². The molecular weight excluding hydrogens is 248 g/mol. The van der Waals surface area contributed by atoms with Crippen LogP contribution in [0.4, 0.5) is 0 Å². The van der Waals surface area contributed by atoms with Gasteiger partial charge in [-0.15, -0.1) is 0 Å². The normalized spacial score (nSPS) is 17.4. The summed E-state index contributed by atoms with van der Waals surface area (Å²) in [6.45, 7) is 4.34. The molecule has 0 atom stereocenters. The second-order valence-corrected chi connectivity index (χ2v) is 5.78. The summed E-state index contributed by atoms with van der Waals surface area (Å²) in [4.78, 5) is 15.1. The van der Waals surface area contributed by atoms with Crippen molar-refractivity contribution in [1.29, 1.82) is 0 Å². The molecular formula is C13H20N2O2S. The summed E-state index contributed by atoms with van der Waals surface area (Å²) in [5.41, 5.74) is 1.42. The maximum absolute atomic E-state index is 10.7. The highest BCUT2D eigenvalue weighted by molar-refractivity contribution is 7.99. The van der Waals surface area contributed by atoms with E-state index in [1.54, 1.807) is 0 Å². The van der Waals surface area contributed by atoms with E-state index >= 15 is 0 Å². The van der Waals surface area contributed by atoms with E-state index in [1.807, 2.05) is 6.20 Å². The van der Waals surface area contributed by atoms with Crippen LogP contribution >= 0.6 is 11.8 Å². The highest BCUT2D eigenvalue weighted by atomic mass is 32.2. The second kappa shape index (κ2) is 5.34. The van der Waals surface area contributed by atoms with Gasteiger partial charge >= 0.3 is 5.97 Å². The first-order valence-corrected chi connectivity index (χ1v) is 7.53. The molecule has 0 unspecified atom stereocenters. The molecule has 18 heavy (non-hydrogen) atoms. The summed E-state index contributed by atoms with van der Waals surface area (Å²) in [5, 5.41) is 9.67. The Morgan fingerprint density at radius 2 is 2.28 bits per heavy atom. The summed E-state index contributed by atoms with van der Waals surface area (Å²) in [6.07, 6.45) is 7.58. The monoisotopic (exact) mass is 268 g/mol. The Labute approximate surface area is 112 Å². The molecule has 0 aromatic carbocycles. The number of thioether (sulfide) groups is 1. The fraction of sp³-hybridized carbons (Fsp3) is 0.692. The smallest absolute Gasteiger partial charge is 0.313 e. The van der Waals surface area contributed by atoms with E-state index < -0.39 is 5.97 Å². The quantitative estimate of drug-likeness (QED) is 0.806. The fourth-order valence-electron chi connectivity index (χ4n) is 2.67. The fourth-order valence-corrected chi connectivity index (χ4v) is 3.49. The summed E-state index contributed by atoms with van der Waals surface area (Å²) in [5.74, 6) is -0.702. The van der Waals surface area contributed by atoms with Gasteiger partial charge in [-0.2, -0.15) is 0 Å². The number of aromatic nitrogens is 2. The summed E-state index contributed by atoms with van der Waals surface area (Å²) in [7, 11) is 0. The van der Waals surface area contributed by atoms with Gasteiger partial charge in [-0.3, -0.25) is 4.79 Å². The van der Waals surface area contributed by atoms with Crippen LogP contribution in [-0.4, -0.2) is 26.4 Å². The van der Waals surface area contributed by atoms with Gasteiger partial charge in [0, 0.05) is 17.4 Å². The number of hydrogen-bond donors (Lipinski definition) is 1. The van der Waals surface area contributed by atoms with Gasteiger partial charge in [0.2, 0.25) is 0 Å². The van der Waals surface area contributed by atoms with Crippen LogP contribution in [0, 0.1) is 0 Å². The lowest BCUT2D eigenvalue weighted by Crippen LogP contribution is -2.41. The Kier molecular flexibility index (Phi) is 4.00. The maximum Gasteiger partial charge on any atom is 0.313 e. The van der Waals surface area contributed by atoms with Gasteiger partial charge in [0.1, 0.15) is 0 Å². The van der Waals surface area contributed by atoms with Gasteiger partial charge in [-0.25, -0.2) is 4.98 Å². The van der Waals surface area contributed by atoms with E-state index in [2.05, 4.69) is 23.4 Å². The summed E-state index contributed by atoms with van der Waals surface area (Å²) in [6, 6.07) is 0. The summed E-state index contributed by atoms with van der Waals surface area (Å²) >= 11 is 1.34. The zero-order valence-electron chi connectivity index (χ0n) is 11.0. The van der Waals surface area contributed by atoms with Crippen molar-refractivity contribution in [3.63, 3.8) is 0 Å². The highest BCUT2D eigenvalue weighted by Gasteiger charge is 2.39. The van der Waals surface area contributed by atoms with Gasteiger partial charge in [-0.05, 0) is 32.1 Å². The molecule has 4 nitrogen and oxygen atoms in total. The lowest BCUT2D eigenvalue weighted by Gasteiger charge is -2.44. The maximum atomic E-state index is 10.7. The predicted octanol–water partition coefficient (Wildman–Crippen LogP) is 2.91. The number of aliphatic carboxylic acids is 1. The van der Waals surface area contributed by atoms with Crippen molar-refractivity contribution in [2.45, 2.75) is 56.6 Å². The Morgan fingerprint density at radius 1 is 1.56 bits per heavy atom. The average molecular weight is 268 g/mol. The molecule has 1 N–H and O–H groups in total. The van der Waals surface area contributed by atoms with Crippen LogP contribution in [0.1, 0.15) is 45.2 Å². The molecule has 0 saturated heterocycles. The van der Waals surface area contributed by atoms with Crippen LogP contribution in [0.5, 0.6) is 0 Å². The molecule has 1 aromatic heterocycles. The Balaban J connectivity index is 2.30. The van der Waals surface area contributed by atoms with Gasteiger partial charge in [0.15, 0.2) is 5.16 Å². The van der Waals surface area contributed by atoms with E-state index in [-0.39, 0.29) is 11.3 Å². The molecule has 1 saturated carbocycles. The topological polar surface area (TPSA) is 55.1 Å². The van der Waals surface area contributed by atoms with Crippen molar-refractivity contribution in [3.8, 4) is 0 Å². The first-order valence-electron chi connectivity index (χ1n) is 6.54. The van der Waals surface area contributed by atoms with Gasteiger partial charge in [-0.1, -0.05) is 25.6 Å². The van der Waals surface area contributed by atoms with E-state index in [0.29, 0.717) is 0 Å². The van der Waals surface area contributed by atoms with Gasteiger partial charge in [0.25, 0.3) is 0 Å². The number of aryl methyl sites for hydroxylation is 1. The van der Waals surface area contributed by atoms with Crippen LogP contribution in [0.15, 0.2) is 11.4 Å². The molecule has 1 aromatic rings. The van der Waals surface area contributed by atoms with Crippen LogP contribution in [-0.2, 0) is 16.8 Å². The van der Waals surface area contributed by atoms with E-state index in [1.165, 1.54) is 36.7 Å². The van der Waals surface area contributed by atoms with Crippen molar-refractivity contribution in [2.24, 2.45) is 0 Å². The zero-order chi connectivity index (χ0) is 13.2. The van der Waals surface area contributed by atoms with E-state index in [0.717, 1.165) is 18.0 Å². The molecule has 1 fully saturated rings. The van der Waals surface area contributed by atoms with Crippen LogP contribution in [0.3, 0.4) is 0 Å². The number of hydrogen-bond acceptors (Lipinski definition) is 3. The van der Waals surface area contributed by atoms with E-state index in [4.69, 9.17) is 5.11 Å². The zero-order valence-corrected chi connectivity index (χ0v) is 11.8. The molecule has 0 radical (unpaired) electrons. The lowest BCUT2D eigenvalue weighted by molar-refractivity contribution is -0.133. The first-order chi connectivity index (χ1) is 8.63. The molecule has 100 valence electrons. The minimum absolute atomic E-state index is 0.0833. The second-order valence-electron chi connectivity index (χ2n) is 4.83.